The number of hydrogen-bond acceptors (Lipinski definition) is 5. The van der Waals surface area contributed by atoms with E-state index in [9.17, 15) is 8.42 Å². The van der Waals surface area contributed by atoms with Gasteiger partial charge in [0.15, 0.2) is 0 Å². The van der Waals surface area contributed by atoms with Crippen LogP contribution in [0.4, 0.5) is 0 Å². The zero-order valence-electron chi connectivity index (χ0n) is 11.0. The van der Waals surface area contributed by atoms with Crippen molar-refractivity contribution >= 4 is 10.1 Å². The van der Waals surface area contributed by atoms with Gasteiger partial charge in [-0.25, -0.2) is 4.98 Å². The van der Waals surface area contributed by atoms with E-state index in [-0.39, 0.29) is 11.3 Å². The first-order valence-corrected chi connectivity index (χ1v) is 7.07. The molecule has 0 radical (unpaired) electrons. The van der Waals surface area contributed by atoms with Crippen molar-refractivity contribution in [2.45, 2.75) is 40.0 Å². The molecule has 0 atom stereocenters. The Hall–Kier alpha value is -1.17. The number of aromatic nitrogens is 2. The van der Waals surface area contributed by atoms with Crippen LogP contribution in [0.15, 0.2) is 0 Å². The smallest absolute Gasteiger partial charge is 0.307 e. The van der Waals surface area contributed by atoms with Crippen LogP contribution in [0, 0.1) is 13.8 Å². The molecular formula is C11H18N2O3S. The minimum absolute atomic E-state index is 0.116. The van der Waals surface area contributed by atoms with E-state index in [1.54, 1.807) is 13.8 Å². The molecule has 0 aliphatic rings. The van der Waals surface area contributed by atoms with Crippen molar-refractivity contribution in [2.24, 2.45) is 0 Å². The molecule has 1 rings (SSSR count). The minimum atomic E-state index is -3.57. The third-order valence-electron chi connectivity index (χ3n) is 2.15. The van der Waals surface area contributed by atoms with Crippen molar-refractivity contribution in [3.63, 3.8) is 0 Å². The molecule has 5 nitrogen and oxygen atoms in total. The molecule has 0 spiro atoms. The molecule has 1 heterocycles. The maximum absolute atomic E-state index is 11.1. The van der Waals surface area contributed by atoms with Gasteiger partial charge in [0.25, 0.3) is 0 Å². The lowest BCUT2D eigenvalue weighted by Crippen LogP contribution is -2.19. The van der Waals surface area contributed by atoms with Gasteiger partial charge in [0.05, 0.1) is 11.9 Å². The van der Waals surface area contributed by atoms with Gasteiger partial charge in [0.1, 0.15) is 5.82 Å². The number of hydrogen-bond donors (Lipinski definition) is 0. The first kappa shape index (κ1) is 13.9. The Labute approximate surface area is 102 Å². The molecule has 0 aliphatic carbocycles. The highest BCUT2D eigenvalue weighted by atomic mass is 32.2. The molecule has 0 aromatic carbocycles. The molecule has 0 saturated heterocycles. The summed E-state index contributed by atoms with van der Waals surface area (Å²) in [6.45, 7) is 9.49. The summed E-state index contributed by atoms with van der Waals surface area (Å²) in [7, 11) is -3.57. The standard InChI is InChI=1S/C11H18N2O3S/c1-7-9(11(3,4)5)12-8(2)13-10(7)16-17(6,14)15/h1-6H3. The molecule has 6 heteroatoms. The van der Waals surface area contributed by atoms with Crippen molar-refractivity contribution in [1.29, 1.82) is 0 Å². The first-order chi connectivity index (χ1) is 7.50. The highest BCUT2D eigenvalue weighted by Crippen LogP contribution is 2.28. The maximum atomic E-state index is 11.1. The molecule has 1 aromatic heterocycles. The summed E-state index contributed by atoms with van der Waals surface area (Å²) >= 11 is 0. The van der Waals surface area contributed by atoms with Gasteiger partial charge in [0, 0.05) is 11.0 Å². The van der Waals surface area contributed by atoms with E-state index in [1.165, 1.54) is 0 Å². The van der Waals surface area contributed by atoms with E-state index in [1.807, 2.05) is 20.8 Å². The summed E-state index contributed by atoms with van der Waals surface area (Å²) in [5, 5.41) is 0. The molecule has 1 aromatic rings. The largest absolute Gasteiger partial charge is 0.361 e. The predicted molar refractivity (Wildman–Crippen MR) is 65.7 cm³/mol. The van der Waals surface area contributed by atoms with Gasteiger partial charge in [-0.2, -0.15) is 13.4 Å². The highest BCUT2D eigenvalue weighted by molar-refractivity contribution is 7.86. The average molecular weight is 258 g/mol. The second kappa shape index (κ2) is 4.25. The van der Waals surface area contributed by atoms with Crippen molar-refractivity contribution in [2.75, 3.05) is 6.26 Å². The van der Waals surface area contributed by atoms with Crippen LogP contribution in [-0.2, 0) is 15.5 Å². The molecule has 0 bridgehead atoms. The molecular weight excluding hydrogens is 240 g/mol. The summed E-state index contributed by atoms with van der Waals surface area (Å²) in [6, 6.07) is 0. The topological polar surface area (TPSA) is 69.2 Å². The summed E-state index contributed by atoms with van der Waals surface area (Å²) in [6.07, 6.45) is 1.00. The van der Waals surface area contributed by atoms with Gasteiger partial charge < -0.3 is 4.18 Å². The predicted octanol–water partition coefficient (Wildman–Crippen LogP) is 1.73. The Bertz CT molecular complexity index is 530. The van der Waals surface area contributed by atoms with Crippen molar-refractivity contribution in [3.8, 4) is 5.88 Å². The number of nitrogens with zero attached hydrogens (tertiary/aromatic N) is 2. The zero-order valence-corrected chi connectivity index (χ0v) is 11.8. The van der Waals surface area contributed by atoms with E-state index in [0.717, 1.165) is 11.9 Å². The zero-order chi connectivity index (χ0) is 13.4. The van der Waals surface area contributed by atoms with Crippen LogP contribution in [0.5, 0.6) is 5.88 Å². The summed E-state index contributed by atoms with van der Waals surface area (Å²) < 4.78 is 27.2. The van der Waals surface area contributed by atoms with Gasteiger partial charge >= 0.3 is 10.1 Å². The number of aryl methyl sites for hydroxylation is 1. The summed E-state index contributed by atoms with van der Waals surface area (Å²) in [4.78, 5) is 8.37. The SMILES string of the molecule is Cc1nc(OS(C)(=O)=O)c(C)c(C(C)(C)C)n1. The Balaban J connectivity index is 3.39. The summed E-state index contributed by atoms with van der Waals surface area (Å²) in [5.74, 6) is 0.615. The van der Waals surface area contributed by atoms with E-state index in [0.29, 0.717) is 11.4 Å². The molecule has 17 heavy (non-hydrogen) atoms. The first-order valence-electron chi connectivity index (χ1n) is 5.26. The normalized spacial score (nSPS) is 12.6. The van der Waals surface area contributed by atoms with E-state index in [2.05, 4.69) is 9.97 Å². The molecule has 0 unspecified atom stereocenters. The van der Waals surface area contributed by atoms with Crippen molar-refractivity contribution in [1.82, 2.24) is 9.97 Å². The second-order valence-electron chi connectivity index (χ2n) is 5.09. The summed E-state index contributed by atoms with van der Waals surface area (Å²) in [5.41, 5.74) is 1.27. The fourth-order valence-electron chi connectivity index (χ4n) is 1.56. The molecule has 0 fully saturated rings. The van der Waals surface area contributed by atoms with Crippen molar-refractivity contribution in [3.05, 3.63) is 17.1 Å². The second-order valence-corrected chi connectivity index (χ2v) is 6.66. The average Bonchev–Trinajstić information content (AvgIpc) is 2.06. The van der Waals surface area contributed by atoms with Crippen LogP contribution in [0.25, 0.3) is 0 Å². The van der Waals surface area contributed by atoms with Crippen LogP contribution in [0.3, 0.4) is 0 Å². The van der Waals surface area contributed by atoms with Gasteiger partial charge in [-0.05, 0) is 13.8 Å². The van der Waals surface area contributed by atoms with Crippen LogP contribution >= 0.6 is 0 Å². The molecule has 0 saturated carbocycles. The lowest BCUT2D eigenvalue weighted by atomic mass is 9.89. The fourth-order valence-corrected chi connectivity index (χ4v) is 2.01. The molecule has 0 aliphatic heterocycles. The minimum Gasteiger partial charge on any atom is -0.361 e. The van der Waals surface area contributed by atoms with Gasteiger partial charge in [-0.1, -0.05) is 20.8 Å². The quantitative estimate of drug-likeness (QED) is 0.756. The third kappa shape index (κ3) is 3.66. The molecule has 0 amide bonds. The highest BCUT2D eigenvalue weighted by Gasteiger charge is 2.23. The van der Waals surface area contributed by atoms with E-state index >= 15 is 0 Å². The third-order valence-corrected chi connectivity index (χ3v) is 2.61. The van der Waals surface area contributed by atoms with E-state index < -0.39 is 10.1 Å². The van der Waals surface area contributed by atoms with Crippen LogP contribution in [0.1, 0.15) is 37.9 Å². The van der Waals surface area contributed by atoms with Crippen molar-refractivity contribution < 1.29 is 12.6 Å². The monoisotopic (exact) mass is 258 g/mol. The Morgan fingerprint density at radius 2 is 1.65 bits per heavy atom. The van der Waals surface area contributed by atoms with Crippen LogP contribution < -0.4 is 4.18 Å². The fraction of sp³-hybridized carbons (Fsp3) is 0.636. The van der Waals surface area contributed by atoms with Gasteiger partial charge in [-0.15, -0.1) is 0 Å². The molecule has 0 N–H and O–H groups in total. The van der Waals surface area contributed by atoms with Crippen LogP contribution in [0.2, 0.25) is 0 Å². The lowest BCUT2D eigenvalue weighted by molar-refractivity contribution is 0.471. The Morgan fingerprint density at radius 1 is 1.12 bits per heavy atom. The van der Waals surface area contributed by atoms with Gasteiger partial charge in [0.2, 0.25) is 5.88 Å². The Morgan fingerprint density at radius 3 is 2.06 bits per heavy atom. The van der Waals surface area contributed by atoms with E-state index in [4.69, 9.17) is 4.18 Å². The van der Waals surface area contributed by atoms with Crippen LogP contribution in [-0.4, -0.2) is 24.6 Å². The Kier molecular flexibility index (Phi) is 3.47. The molecule has 96 valence electrons. The maximum Gasteiger partial charge on any atom is 0.307 e. The lowest BCUT2D eigenvalue weighted by Gasteiger charge is -2.21. The van der Waals surface area contributed by atoms with Gasteiger partial charge in [-0.3, -0.25) is 0 Å². The number of rotatable bonds is 2.